The zero-order valence-corrected chi connectivity index (χ0v) is 15.5. The maximum atomic E-state index is 12.9. The zero-order valence-electron chi connectivity index (χ0n) is 15.5. The minimum atomic E-state index is -0.133. The van der Waals surface area contributed by atoms with Gasteiger partial charge in [-0.25, -0.2) is 0 Å². The van der Waals surface area contributed by atoms with Gasteiger partial charge in [-0.05, 0) is 35.8 Å². The Morgan fingerprint density at radius 2 is 1.74 bits per heavy atom. The van der Waals surface area contributed by atoms with Crippen LogP contribution in [0, 0.1) is 5.92 Å². The molecule has 0 aromatic heterocycles. The summed E-state index contributed by atoms with van der Waals surface area (Å²) in [5.41, 5.74) is 2.55. The zero-order chi connectivity index (χ0) is 18.8. The van der Waals surface area contributed by atoms with E-state index in [4.69, 9.17) is 14.2 Å². The fourth-order valence-electron chi connectivity index (χ4n) is 3.37. The van der Waals surface area contributed by atoms with Gasteiger partial charge in [0.1, 0.15) is 25.6 Å². The van der Waals surface area contributed by atoms with Gasteiger partial charge in [0.05, 0.1) is 11.6 Å². The van der Waals surface area contributed by atoms with Gasteiger partial charge in [-0.1, -0.05) is 38.1 Å². The summed E-state index contributed by atoms with van der Waals surface area (Å²) in [5.74, 6) is 2.39. The molecule has 140 valence electrons. The first kappa shape index (κ1) is 17.5. The topological polar surface area (TPSA) is 56.8 Å². The van der Waals surface area contributed by atoms with Gasteiger partial charge < -0.3 is 19.5 Å². The van der Waals surface area contributed by atoms with Crippen molar-refractivity contribution in [3.63, 3.8) is 0 Å². The maximum absolute atomic E-state index is 12.9. The van der Waals surface area contributed by atoms with Gasteiger partial charge in [0, 0.05) is 5.56 Å². The number of nitrogens with one attached hydrogen (secondary N) is 1. The lowest BCUT2D eigenvalue weighted by molar-refractivity contribution is -0.118. The fraction of sp³-hybridized carbons (Fsp3) is 0.318. The number of carbonyl (C=O) groups excluding carboxylic acids is 1. The molecule has 27 heavy (non-hydrogen) atoms. The molecule has 1 unspecified atom stereocenters. The molecular weight excluding hydrogens is 342 g/mol. The van der Waals surface area contributed by atoms with Gasteiger partial charge in [0.25, 0.3) is 5.91 Å². The molecule has 1 N–H and O–H groups in total. The molecule has 0 saturated heterocycles. The fourth-order valence-corrected chi connectivity index (χ4v) is 3.37. The van der Waals surface area contributed by atoms with Crippen LogP contribution in [0.25, 0.3) is 6.08 Å². The van der Waals surface area contributed by atoms with E-state index in [0.29, 0.717) is 18.8 Å². The first-order valence-corrected chi connectivity index (χ1v) is 9.24. The Hall–Kier alpha value is -2.95. The molecule has 0 aliphatic carbocycles. The molecule has 4 rings (SSSR count). The summed E-state index contributed by atoms with van der Waals surface area (Å²) in [7, 11) is 0. The average molecular weight is 365 g/mol. The van der Waals surface area contributed by atoms with Crippen LogP contribution in [-0.2, 0) is 4.79 Å². The van der Waals surface area contributed by atoms with Crippen LogP contribution in [0.15, 0.2) is 48.0 Å². The molecule has 0 fully saturated rings. The van der Waals surface area contributed by atoms with Gasteiger partial charge in [-0.3, -0.25) is 4.79 Å². The van der Waals surface area contributed by atoms with E-state index >= 15 is 0 Å². The Labute approximate surface area is 158 Å². The molecular formula is C22H23NO4. The lowest BCUT2D eigenvalue weighted by Crippen LogP contribution is -2.34. The summed E-state index contributed by atoms with van der Waals surface area (Å²) in [4.78, 5) is 12.9. The molecule has 1 atom stereocenters. The maximum Gasteiger partial charge on any atom is 0.251 e. The second-order valence-corrected chi connectivity index (χ2v) is 7.09. The number of fused-ring (bicyclic) bond motifs is 2. The quantitative estimate of drug-likeness (QED) is 0.897. The van der Waals surface area contributed by atoms with E-state index in [0.717, 1.165) is 28.4 Å². The highest BCUT2D eigenvalue weighted by Crippen LogP contribution is 2.34. The van der Waals surface area contributed by atoms with E-state index in [1.807, 2.05) is 48.5 Å². The smallest absolute Gasteiger partial charge is 0.251 e. The van der Waals surface area contributed by atoms with Crippen LogP contribution in [0.2, 0.25) is 0 Å². The van der Waals surface area contributed by atoms with Crippen LogP contribution >= 0.6 is 0 Å². The molecule has 0 spiro atoms. The van der Waals surface area contributed by atoms with E-state index in [2.05, 4.69) is 19.2 Å². The summed E-state index contributed by atoms with van der Waals surface area (Å²) < 4.78 is 17.0. The van der Waals surface area contributed by atoms with Crippen LogP contribution in [0.3, 0.4) is 0 Å². The SMILES string of the molecule is CC(C)C(NC(=O)C1=Cc2ccccc2OC1)c1ccc2c(c1)OCCO2. The number of para-hydroxylation sites is 1. The normalized spacial score (nSPS) is 16.0. The van der Waals surface area contributed by atoms with Crippen LogP contribution in [0.1, 0.15) is 31.0 Å². The number of amides is 1. The molecule has 2 aromatic carbocycles. The van der Waals surface area contributed by atoms with Crippen molar-refractivity contribution in [2.24, 2.45) is 5.92 Å². The van der Waals surface area contributed by atoms with Crippen molar-refractivity contribution in [3.05, 3.63) is 59.2 Å². The van der Waals surface area contributed by atoms with E-state index in [1.54, 1.807) is 0 Å². The molecule has 2 aromatic rings. The van der Waals surface area contributed by atoms with Gasteiger partial charge in [-0.15, -0.1) is 0 Å². The van der Waals surface area contributed by atoms with Crippen molar-refractivity contribution < 1.29 is 19.0 Å². The summed E-state index contributed by atoms with van der Waals surface area (Å²) in [6.45, 7) is 5.55. The Balaban J connectivity index is 1.56. The number of hydrogen-bond donors (Lipinski definition) is 1. The molecule has 1 amide bonds. The van der Waals surface area contributed by atoms with Crippen molar-refractivity contribution in [1.29, 1.82) is 0 Å². The number of benzene rings is 2. The minimum absolute atomic E-state index is 0.113. The highest BCUT2D eigenvalue weighted by molar-refractivity contribution is 5.99. The number of hydrogen-bond acceptors (Lipinski definition) is 4. The average Bonchev–Trinajstić information content (AvgIpc) is 2.71. The molecule has 5 heteroatoms. The molecule has 0 radical (unpaired) electrons. The van der Waals surface area contributed by atoms with Crippen LogP contribution in [0.5, 0.6) is 17.2 Å². The monoisotopic (exact) mass is 365 g/mol. The Morgan fingerprint density at radius 1 is 0.963 bits per heavy atom. The first-order valence-electron chi connectivity index (χ1n) is 9.24. The third-order valence-corrected chi connectivity index (χ3v) is 4.80. The lowest BCUT2D eigenvalue weighted by atomic mass is 9.95. The van der Waals surface area contributed by atoms with Crippen molar-refractivity contribution in [2.75, 3.05) is 19.8 Å². The summed E-state index contributed by atoms with van der Waals surface area (Å²) in [5, 5.41) is 3.16. The van der Waals surface area contributed by atoms with Crippen molar-refractivity contribution in [2.45, 2.75) is 19.9 Å². The molecule has 2 heterocycles. The Bertz CT molecular complexity index is 888. The largest absolute Gasteiger partial charge is 0.488 e. The van der Waals surface area contributed by atoms with Crippen molar-refractivity contribution >= 4 is 12.0 Å². The standard InChI is InChI=1S/C22H23NO4/c1-14(2)21(16-7-8-19-20(12-16)26-10-9-25-19)23-22(24)17-11-15-5-3-4-6-18(15)27-13-17/h3-8,11-12,14,21H,9-10,13H2,1-2H3,(H,23,24). The van der Waals surface area contributed by atoms with Crippen molar-refractivity contribution in [1.82, 2.24) is 5.32 Å². The molecule has 2 aliphatic heterocycles. The van der Waals surface area contributed by atoms with Crippen LogP contribution in [-0.4, -0.2) is 25.7 Å². The third-order valence-electron chi connectivity index (χ3n) is 4.80. The molecule has 0 saturated carbocycles. The van der Waals surface area contributed by atoms with Crippen LogP contribution in [0.4, 0.5) is 0 Å². The van der Waals surface area contributed by atoms with E-state index < -0.39 is 0 Å². The first-order chi connectivity index (χ1) is 13.1. The number of carbonyl (C=O) groups is 1. The second-order valence-electron chi connectivity index (χ2n) is 7.09. The Kier molecular flexibility index (Phi) is 4.75. The van der Waals surface area contributed by atoms with Crippen LogP contribution < -0.4 is 19.5 Å². The number of rotatable bonds is 4. The third kappa shape index (κ3) is 3.63. The molecule has 0 bridgehead atoms. The molecule has 2 aliphatic rings. The lowest BCUT2D eigenvalue weighted by Gasteiger charge is -2.26. The van der Waals surface area contributed by atoms with Gasteiger partial charge in [0.15, 0.2) is 11.5 Å². The van der Waals surface area contributed by atoms with E-state index in [9.17, 15) is 4.79 Å². The highest BCUT2D eigenvalue weighted by Gasteiger charge is 2.24. The summed E-state index contributed by atoms with van der Waals surface area (Å²) in [6.07, 6.45) is 1.90. The predicted molar refractivity (Wildman–Crippen MR) is 103 cm³/mol. The highest BCUT2D eigenvalue weighted by atomic mass is 16.6. The number of ether oxygens (including phenoxy) is 3. The summed E-state index contributed by atoms with van der Waals surface area (Å²) >= 11 is 0. The van der Waals surface area contributed by atoms with Gasteiger partial charge >= 0.3 is 0 Å². The van der Waals surface area contributed by atoms with Gasteiger partial charge in [0.2, 0.25) is 0 Å². The minimum Gasteiger partial charge on any atom is -0.488 e. The Morgan fingerprint density at radius 3 is 2.56 bits per heavy atom. The molecule has 5 nitrogen and oxygen atoms in total. The summed E-state index contributed by atoms with van der Waals surface area (Å²) in [6, 6.07) is 13.4. The van der Waals surface area contributed by atoms with E-state index in [1.165, 1.54) is 0 Å². The van der Waals surface area contributed by atoms with E-state index in [-0.39, 0.29) is 24.5 Å². The second kappa shape index (κ2) is 7.35. The predicted octanol–water partition coefficient (Wildman–Crippen LogP) is 3.75. The van der Waals surface area contributed by atoms with Crippen molar-refractivity contribution in [3.8, 4) is 17.2 Å². The van der Waals surface area contributed by atoms with Gasteiger partial charge in [-0.2, -0.15) is 0 Å².